The summed E-state index contributed by atoms with van der Waals surface area (Å²) in [4.78, 5) is 23.3. The van der Waals surface area contributed by atoms with E-state index in [-0.39, 0.29) is 11.5 Å². The number of nitrogens with one attached hydrogen (secondary N) is 1. The van der Waals surface area contributed by atoms with Crippen molar-refractivity contribution in [2.75, 3.05) is 5.32 Å². The Morgan fingerprint density at radius 1 is 1.33 bits per heavy atom. The van der Waals surface area contributed by atoms with Crippen molar-refractivity contribution < 1.29 is 14.7 Å². The van der Waals surface area contributed by atoms with E-state index in [0.29, 0.717) is 10.9 Å². The highest BCUT2D eigenvalue weighted by molar-refractivity contribution is 7.16. The average molecular weight is 267 g/mol. The maximum Gasteiger partial charge on any atom is 0.338 e. The third-order valence-electron chi connectivity index (χ3n) is 3.28. The van der Waals surface area contributed by atoms with Gasteiger partial charge >= 0.3 is 5.97 Å². The quantitative estimate of drug-likeness (QED) is 0.881. The summed E-state index contributed by atoms with van der Waals surface area (Å²) < 4.78 is 0. The molecule has 0 aliphatic heterocycles. The van der Waals surface area contributed by atoms with Crippen molar-refractivity contribution in [3.8, 4) is 0 Å². The van der Waals surface area contributed by atoms with E-state index in [0.717, 1.165) is 17.7 Å². The van der Waals surface area contributed by atoms with Gasteiger partial charge < -0.3 is 10.4 Å². The third kappa shape index (κ3) is 2.90. The molecule has 1 aromatic heterocycles. The van der Waals surface area contributed by atoms with E-state index in [2.05, 4.69) is 5.32 Å². The molecule has 0 spiro atoms. The van der Waals surface area contributed by atoms with Crippen molar-refractivity contribution in [3.05, 3.63) is 16.5 Å². The molecule has 1 aliphatic carbocycles. The number of carboxylic acid groups (broad SMARTS) is 1. The van der Waals surface area contributed by atoms with Gasteiger partial charge in [-0.1, -0.05) is 19.3 Å². The fraction of sp³-hybridized carbons (Fsp3) is 0.538. The molecule has 1 heterocycles. The number of rotatable bonds is 3. The van der Waals surface area contributed by atoms with Gasteiger partial charge in [0.15, 0.2) is 0 Å². The molecule has 18 heavy (non-hydrogen) atoms. The maximum absolute atomic E-state index is 11.2. The molecule has 1 aromatic rings. The summed E-state index contributed by atoms with van der Waals surface area (Å²) in [6.45, 7) is 1.39. The molecule has 5 heteroatoms. The number of aromatic carboxylic acids is 1. The Labute approximate surface area is 110 Å². The zero-order valence-electron chi connectivity index (χ0n) is 10.4. The van der Waals surface area contributed by atoms with Crippen LogP contribution >= 0.6 is 11.3 Å². The number of thiophene rings is 1. The summed E-state index contributed by atoms with van der Waals surface area (Å²) in [5, 5.41) is 12.2. The molecule has 1 saturated carbocycles. The topological polar surface area (TPSA) is 66.4 Å². The Morgan fingerprint density at radius 3 is 2.56 bits per heavy atom. The second kappa shape index (κ2) is 5.52. The Bertz CT molecular complexity index is 461. The summed E-state index contributed by atoms with van der Waals surface area (Å²) in [7, 11) is 0. The first-order chi connectivity index (χ1) is 8.58. The Balaban J connectivity index is 2.26. The number of carbonyl (C=O) groups is 2. The summed E-state index contributed by atoms with van der Waals surface area (Å²) in [6, 6.07) is 1.73. The van der Waals surface area contributed by atoms with Crippen LogP contribution in [0.2, 0.25) is 0 Å². The van der Waals surface area contributed by atoms with Gasteiger partial charge in [0.25, 0.3) is 0 Å². The lowest BCUT2D eigenvalue weighted by molar-refractivity contribution is -0.114. The third-order valence-corrected chi connectivity index (χ3v) is 4.49. The van der Waals surface area contributed by atoms with Gasteiger partial charge in [-0.3, -0.25) is 4.79 Å². The molecule has 0 atom stereocenters. The number of carbonyl (C=O) groups excluding carboxylic acids is 1. The van der Waals surface area contributed by atoms with Crippen LogP contribution in [0.15, 0.2) is 6.07 Å². The van der Waals surface area contributed by atoms with Crippen LogP contribution in [0, 0.1) is 0 Å². The van der Waals surface area contributed by atoms with Gasteiger partial charge in [-0.25, -0.2) is 4.79 Å². The monoisotopic (exact) mass is 267 g/mol. The fourth-order valence-electron chi connectivity index (χ4n) is 2.41. The minimum absolute atomic E-state index is 0.218. The average Bonchev–Trinajstić information content (AvgIpc) is 2.73. The molecule has 0 unspecified atom stereocenters. The smallest absolute Gasteiger partial charge is 0.338 e. The number of hydrogen-bond acceptors (Lipinski definition) is 3. The molecule has 0 radical (unpaired) electrons. The van der Waals surface area contributed by atoms with E-state index in [1.807, 2.05) is 0 Å². The number of carboxylic acids is 1. The maximum atomic E-state index is 11.2. The highest BCUT2D eigenvalue weighted by Gasteiger charge is 2.22. The molecular weight excluding hydrogens is 250 g/mol. The summed E-state index contributed by atoms with van der Waals surface area (Å²) in [5.74, 6) is -0.740. The number of anilines is 1. The first kappa shape index (κ1) is 13.1. The van der Waals surface area contributed by atoms with Crippen LogP contribution < -0.4 is 5.32 Å². The predicted molar refractivity (Wildman–Crippen MR) is 71.4 cm³/mol. The van der Waals surface area contributed by atoms with E-state index in [1.54, 1.807) is 6.07 Å². The summed E-state index contributed by atoms with van der Waals surface area (Å²) in [6.07, 6.45) is 5.94. The number of hydrogen-bond donors (Lipinski definition) is 2. The molecule has 4 nitrogen and oxygen atoms in total. The van der Waals surface area contributed by atoms with Gasteiger partial charge in [0.05, 0.1) is 5.56 Å². The fourth-order valence-corrected chi connectivity index (χ4v) is 3.68. The predicted octanol–water partition coefficient (Wildman–Crippen LogP) is 3.45. The minimum atomic E-state index is -0.975. The van der Waals surface area contributed by atoms with Crippen LogP contribution in [0.4, 0.5) is 5.00 Å². The highest BCUT2D eigenvalue weighted by Crippen LogP contribution is 2.40. The molecule has 1 fully saturated rings. The number of amides is 1. The van der Waals surface area contributed by atoms with Gasteiger partial charge in [-0.2, -0.15) is 0 Å². The molecule has 2 rings (SSSR count). The van der Waals surface area contributed by atoms with Gasteiger partial charge in [-0.05, 0) is 24.8 Å². The molecule has 1 amide bonds. The van der Waals surface area contributed by atoms with Gasteiger partial charge in [0.1, 0.15) is 5.00 Å². The Hall–Kier alpha value is -1.36. The molecule has 0 saturated heterocycles. The van der Waals surface area contributed by atoms with Gasteiger partial charge in [-0.15, -0.1) is 11.3 Å². The van der Waals surface area contributed by atoms with E-state index >= 15 is 0 Å². The van der Waals surface area contributed by atoms with Gasteiger partial charge in [0, 0.05) is 11.8 Å². The lowest BCUT2D eigenvalue weighted by atomic mass is 9.88. The van der Waals surface area contributed by atoms with Gasteiger partial charge in [0.2, 0.25) is 5.91 Å². The lowest BCUT2D eigenvalue weighted by Crippen LogP contribution is -2.07. The first-order valence-corrected chi connectivity index (χ1v) is 7.04. The van der Waals surface area contributed by atoms with E-state index < -0.39 is 5.97 Å². The molecule has 1 aliphatic rings. The molecule has 2 N–H and O–H groups in total. The highest BCUT2D eigenvalue weighted by atomic mass is 32.1. The van der Waals surface area contributed by atoms with Crippen LogP contribution in [0.25, 0.3) is 0 Å². The zero-order valence-corrected chi connectivity index (χ0v) is 11.2. The zero-order chi connectivity index (χ0) is 13.1. The van der Waals surface area contributed by atoms with Crippen molar-refractivity contribution in [1.82, 2.24) is 0 Å². The van der Waals surface area contributed by atoms with Crippen LogP contribution in [-0.2, 0) is 4.79 Å². The van der Waals surface area contributed by atoms with E-state index in [9.17, 15) is 9.59 Å². The van der Waals surface area contributed by atoms with E-state index in [1.165, 1.54) is 37.5 Å². The van der Waals surface area contributed by atoms with Crippen LogP contribution in [0.1, 0.15) is 60.2 Å². The van der Waals surface area contributed by atoms with Crippen molar-refractivity contribution in [3.63, 3.8) is 0 Å². The Morgan fingerprint density at radius 2 is 2.00 bits per heavy atom. The van der Waals surface area contributed by atoms with E-state index in [4.69, 9.17) is 5.11 Å². The SMILES string of the molecule is CC(=O)Nc1sc(C2CCCCC2)cc1C(=O)O. The van der Waals surface area contributed by atoms with Crippen LogP contribution in [-0.4, -0.2) is 17.0 Å². The second-order valence-corrected chi connectivity index (χ2v) is 5.80. The van der Waals surface area contributed by atoms with Crippen molar-refractivity contribution in [1.29, 1.82) is 0 Å². The molecule has 0 aromatic carbocycles. The summed E-state index contributed by atoms with van der Waals surface area (Å²) in [5.41, 5.74) is 0.218. The standard InChI is InChI=1S/C13H17NO3S/c1-8(15)14-12-10(13(16)17)7-11(18-12)9-5-3-2-4-6-9/h7,9H,2-6H2,1H3,(H,14,15)(H,16,17). The summed E-state index contributed by atoms with van der Waals surface area (Å²) >= 11 is 1.41. The van der Waals surface area contributed by atoms with Crippen molar-refractivity contribution in [2.45, 2.75) is 44.9 Å². The normalized spacial score (nSPS) is 16.5. The molecule has 98 valence electrons. The Kier molecular flexibility index (Phi) is 4.01. The minimum Gasteiger partial charge on any atom is -0.478 e. The molecule has 0 bridgehead atoms. The molecular formula is C13H17NO3S. The lowest BCUT2D eigenvalue weighted by Gasteiger charge is -2.19. The first-order valence-electron chi connectivity index (χ1n) is 6.22. The van der Waals surface area contributed by atoms with Crippen LogP contribution in [0.3, 0.4) is 0 Å². The van der Waals surface area contributed by atoms with Crippen LogP contribution in [0.5, 0.6) is 0 Å². The van der Waals surface area contributed by atoms with Crippen molar-refractivity contribution >= 4 is 28.2 Å². The second-order valence-electron chi connectivity index (χ2n) is 4.71. The largest absolute Gasteiger partial charge is 0.478 e. The van der Waals surface area contributed by atoms with Crippen molar-refractivity contribution in [2.24, 2.45) is 0 Å².